The summed E-state index contributed by atoms with van der Waals surface area (Å²) in [6.45, 7) is 0. The molecule has 0 saturated heterocycles. The van der Waals surface area contributed by atoms with Crippen LogP contribution in [0.2, 0.25) is 0 Å². The minimum atomic E-state index is 0.775. The molecule has 0 aliphatic carbocycles. The van der Waals surface area contributed by atoms with Crippen molar-refractivity contribution in [3.8, 4) is 0 Å². The van der Waals surface area contributed by atoms with Crippen LogP contribution in [0.25, 0.3) is 0 Å². The summed E-state index contributed by atoms with van der Waals surface area (Å²) in [6.07, 6.45) is 2.55. The maximum absolute atomic E-state index is 4.82. The summed E-state index contributed by atoms with van der Waals surface area (Å²) in [5, 5.41) is 3.94. The molecule has 4 heteroatoms. The van der Waals surface area contributed by atoms with Crippen molar-refractivity contribution in [1.29, 1.82) is 0 Å². The molecule has 0 spiro atoms. The predicted octanol–water partition coefficient (Wildman–Crippen LogP) is 1.88. The Labute approximate surface area is 119 Å². The number of nitrogens with zero attached hydrogens (tertiary/aromatic N) is 4. The average Bonchev–Trinajstić information content (AvgIpc) is 2.88. The second-order valence-corrected chi connectivity index (χ2v) is 5.23. The first-order chi connectivity index (χ1) is 10.4. The van der Waals surface area contributed by atoms with E-state index in [0.29, 0.717) is 0 Å². The molecule has 5 rings (SSSR count). The van der Waals surface area contributed by atoms with E-state index in [4.69, 9.17) is 4.98 Å². The largest absolute Gasteiger partial charge is 0.248 e. The lowest BCUT2D eigenvalue weighted by Gasteiger charge is -2.10. The molecule has 0 unspecified atom stereocenters. The maximum atomic E-state index is 4.82. The van der Waals surface area contributed by atoms with Crippen LogP contribution in [0.4, 0.5) is 11.5 Å². The van der Waals surface area contributed by atoms with Crippen LogP contribution in [0.3, 0.4) is 0 Å². The van der Waals surface area contributed by atoms with E-state index in [1.165, 1.54) is 0 Å². The first-order valence-electron chi connectivity index (χ1n) is 6.89. The molecular formula is C17H10N4. The highest BCUT2D eigenvalue weighted by atomic mass is 14.9. The summed E-state index contributed by atoms with van der Waals surface area (Å²) >= 11 is 0. The number of aromatic nitrogens is 2. The Bertz CT molecular complexity index is 1120. The van der Waals surface area contributed by atoms with Crippen molar-refractivity contribution in [1.82, 2.24) is 9.97 Å². The Morgan fingerprint density at radius 2 is 1.86 bits per heavy atom. The van der Waals surface area contributed by atoms with Crippen molar-refractivity contribution in [2.24, 2.45) is 9.98 Å². The van der Waals surface area contributed by atoms with Gasteiger partial charge in [0.05, 0.1) is 27.4 Å². The molecule has 2 aliphatic rings. The smallest absolute Gasteiger partial charge is 0.156 e. The van der Waals surface area contributed by atoms with Crippen molar-refractivity contribution >= 4 is 11.5 Å². The lowest BCUT2D eigenvalue weighted by atomic mass is 10.1. The lowest BCUT2D eigenvalue weighted by molar-refractivity contribution is 0.958. The van der Waals surface area contributed by atoms with E-state index in [9.17, 15) is 0 Å². The fraction of sp³-hybridized carbons (Fsp3) is 0.0588. The second kappa shape index (κ2) is 3.82. The van der Waals surface area contributed by atoms with E-state index in [1.54, 1.807) is 6.20 Å². The van der Waals surface area contributed by atoms with Crippen LogP contribution in [0.1, 0.15) is 11.3 Å². The summed E-state index contributed by atoms with van der Waals surface area (Å²) in [6, 6.07) is 14.1. The molecule has 0 bridgehead atoms. The van der Waals surface area contributed by atoms with Crippen molar-refractivity contribution in [3.63, 3.8) is 0 Å². The van der Waals surface area contributed by atoms with Gasteiger partial charge in [0, 0.05) is 23.4 Å². The van der Waals surface area contributed by atoms with Gasteiger partial charge in [-0.25, -0.2) is 20.0 Å². The standard InChI is InChI=1S/C17H10N4/c1-2-6-12-11(5-1)16-15(19-12)9-14-13(20-16)8-10-4-3-7-18-17(10)21-14/h1-7,9H,8H2. The van der Waals surface area contributed by atoms with Gasteiger partial charge in [0.15, 0.2) is 5.82 Å². The summed E-state index contributed by atoms with van der Waals surface area (Å²) in [7, 11) is 0. The highest BCUT2D eigenvalue weighted by Crippen LogP contribution is 2.22. The molecule has 4 heterocycles. The number of hydrogen-bond acceptors (Lipinski definition) is 4. The highest BCUT2D eigenvalue weighted by molar-refractivity contribution is 5.47. The molecule has 2 aromatic heterocycles. The molecule has 0 fully saturated rings. The van der Waals surface area contributed by atoms with Crippen LogP contribution in [-0.4, -0.2) is 9.97 Å². The van der Waals surface area contributed by atoms with E-state index in [0.717, 1.165) is 50.5 Å². The normalized spacial score (nSPS) is 13.3. The van der Waals surface area contributed by atoms with Gasteiger partial charge in [-0.1, -0.05) is 24.3 Å². The average molecular weight is 270 g/mol. The Morgan fingerprint density at radius 1 is 0.905 bits per heavy atom. The minimum Gasteiger partial charge on any atom is -0.248 e. The zero-order valence-electron chi connectivity index (χ0n) is 11.1. The predicted molar refractivity (Wildman–Crippen MR) is 77.0 cm³/mol. The van der Waals surface area contributed by atoms with E-state index in [2.05, 4.69) is 27.1 Å². The van der Waals surface area contributed by atoms with E-state index in [1.807, 2.05) is 30.3 Å². The number of pyridine rings is 2. The van der Waals surface area contributed by atoms with Crippen molar-refractivity contribution in [3.05, 3.63) is 81.2 Å². The summed E-state index contributed by atoms with van der Waals surface area (Å²) < 4.78 is 0. The first kappa shape index (κ1) is 10.9. The summed E-state index contributed by atoms with van der Waals surface area (Å²) in [5.74, 6) is 0.794. The second-order valence-electron chi connectivity index (χ2n) is 5.23. The van der Waals surface area contributed by atoms with Gasteiger partial charge in [0.25, 0.3) is 0 Å². The third-order valence-corrected chi connectivity index (χ3v) is 3.91. The molecule has 0 N–H and O–H groups in total. The molecule has 1 aromatic carbocycles. The van der Waals surface area contributed by atoms with Gasteiger partial charge >= 0.3 is 0 Å². The minimum absolute atomic E-state index is 0.775. The van der Waals surface area contributed by atoms with Crippen molar-refractivity contribution in [2.75, 3.05) is 0 Å². The lowest BCUT2D eigenvalue weighted by Crippen LogP contribution is -2.16. The van der Waals surface area contributed by atoms with Crippen molar-refractivity contribution in [2.45, 2.75) is 6.42 Å². The fourth-order valence-electron chi connectivity index (χ4n) is 2.91. The third-order valence-electron chi connectivity index (χ3n) is 3.91. The Morgan fingerprint density at radius 3 is 2.86 bits per heavy atom. The van der Waals surface area contributed by atoms with Crippen LogP contribution in [0.15, 0.2) is 58.6 Å². The van der Waals surface area contributed by atoms with Gasteiger partial charge < -0.3 is 0 Å². The summed E-state index contributed by atoms with van der Waals surface area (Å²) in [4.78, 5) is 18.4. The Hall–Kier alpha value is -2.88. The van der Waals surface area contributed by atoms with Gasteiger partial charge in [0.1, 0.15) is 0 Å². The van der Waals surface area contributed by atoms with Crippen LogP contribution < -0.4 is 10.7 Å². The van der Waals surface area contributed by atoms with Gasteiger partial charge in [-0.15, -0.1) is 0 Å². The first-order valence-corrected chi connectivity index (χ1v) is 6.89. The molecular weight excluding hydrogens is 260 g/mol. The zero-order chi connectivity index (χ0) is 13.8. The Balaban J connectivity index is 1.90. The third kappa shape index (κ3) is 1.50. The fourth-order valence-corrected chi connectivity index (χ4v) is 2.91. The van der Waals surface area contributed by atoms with E-state index >= 15 is 0 Å². The van der Waals surface area contributed by atoms with Crippen LogP contribution >= 0.6 is 0 Å². The number of fused-ring (bicyclic) bond motifs is 4. The van der Waals surface area contributed by atoms with Gasteiger partial charge in [-0.05, 0) is 18.2 Å². The summed E-state index contributed by atoms with van der Waals surface area (Å²) in [5.41, 5.74) is 3.03. The van der Waals surface area contributed by atoms with Crippen LogP contribution in [-0.2, 0) is 6.42 Å². The molecule has 4 nitrogen and oxygen atoms in total. The molecule has 0 radical (unpaired) electrons. The number of hydrogen-bond donors (Lipinski definition) is 0. The van der Waals surface area contributed by atoms with Gasteiger partial charge in [-0.2, -0.15) is 0 Å². The van der Waals surface area contributed by atoms with E-state index in [-0.39, 0.29) is 0 Å². The van der Waals surface area contributed by atoms with Crippen molar-refractivity contribution < 1.29 is 0 Å². The quantitative estimate of drug-likeness (QED) is 0.431. The topological polar surface area (TPSA) is 50.5 Å². The molecule has 21 heavy (non-hydrogen) atoms. The SMILES string of the molecule is c1cnc2c(c1)Cc1nc3c(cc1=N2)N=c1ccccc1=3. The number of rotatable bonds is 0. The molecule has 0 atom stereocenters. The zero-order valence-corrected chi connectivity index (χ0v) is 11.1. The van der Waals surface area contributed by atoms with Gasteiger partial charge in [-0.3, -0.25) is 0 Å². The monoisotopic (exact) mass is 270 g/mol. The van der Waals surface area contributed by atoms with E-state index < -0.39 is 0 Å². The molecule has 3 aromatic rings. The number of benzene rings is 1. The highest BCUT2D eigenvalue weighted by Gasteiger charge is 2.15. The van der Waals surface area contributed by atoms with Crippen LogP contribution in [0.5, 0.6) is 0 Å². The molecule has 0 saturated carbocycles. The maximum Gasteiger partial charge on any atom is 0.156 e. The molecule has 0 amide bonds. The molecule has 2 aliphatic heterocycles. The van der Waals surface area contributed by atoms with Gasteiger partial charge in [0.2, 0.25) is 0 Å². The Kier molecular flexibility index (Phi) is 1.98. The van der Waals surface area contributed by atoms with Crippen LogP contribution in [0, 0.1) is 10.6 Å². The number of para-hydroxylation sites is 1. The molecule has 98 valence electrons.